The van der Waals surface area contributed by atoms with Gasteiger partial charge in [-0.3, -0.25) is 4.79 Å². The Bertz CT molecular complexity index is 350. The Morgan fingerprint density at radius 2 is 2.19 bits per heavy atom. The molecule has 0 aliphatic heterocycles. The van der Waals surface area contributed by atoms with Crippen LogP contribution in [0.2, 0.25) is 5.02 Å². The van der Waals surface area contributed by atoms with Crippen LogP contribution >= 0.6 is 11.6 Å². The Kier molecular flexibility index (Phi) is 5.12. The maximum Gasteiger partial charge on any atom is 0.309 e. The number of hydrogen-bond acceptors (Lipinski definition) is 3. The summed E-state index contributed by atoms with van der Waals surface area (Å²) in [5, 5.41) is 0.613. The molecule has 1 aromatic rings. The van der Waals surface area contributed by atoms with Gasteiger partial charge in [0.05, 0.1) is 19.1 Å². The van der Waals surface area contributed by atoms with E-state index in [1.54, 1.807) is 24.3 Å². The highest BCUT2D eigenvalue weighted by molar-refractivity contribution is 6.30. The molecule has 0 aromatic heterocycles. The third-order valence-electron chi connectivity index (χ3n) is 1.74. The number of halogens is 1. The number of rotatable bonds is 5. The molecule has 0 unspecified atom stereocenters. The van der Waals surface area contributed by atoms with E-state index in [0.29, 0.717) is 17.4 Å². The first-order valence-corrected chi connectivity index (χ1v) is 5.53. The lowest BCUT2D eigenvalue weighted by Crippen LogP contribution is -2.14. The van der Waals surface area contributed by atoms with Crippen LogP contribution in [0.1, 0.15) is 20.3 Å². The van der Waals surface area contributed by atoms with Gasteiger partial charge in [-0.25, -0.2) is 0 Å². The zero-order chi connectivity index (χ0) is 12.0. The van der Waals surface area contributed by atoms with Gasteiger partial charge >= 0.3 is 5.97 Å². The van der Waals surface area contributed by atoms with Crippen molar-refractivity contribution in [1.82, 2.24) is 0 Å². The average Bonchev–Trinajstić information content (AvgIpc) is 2.16. The molecule has 0 radical (unpaired) electrons. The molecule has 0 bridgehead atoms. The van der Waals surface area contributed by atoms with Crippen molar-refractivity contribution in [3.05, 3.63) is 29.3 Å². The molecule has 0 spiro atoms. The standard InChI is InChI=1S/C12H15ClO3/c1-9(2)16-12(14)6-7-15-11-5-3-4-10(13)8-11/h3-5,8-9H,6-7H2,1-2H3. The summed E-state index contributed by atoms with van der Waals surface area (Å²) in [5.74, 6) is 0.405. The lowest BCUT2D eigenvalue weighted by molar-refractivity contribution is -0.147. The molecule has 0 amide bonds. The van der Waals surface area contributed by atoms with Crippen LogP contribution in [0.5, 0.6) is 5.75 Å². The number of carbonyl (C=O) groups is 1. The van der Waals surface area contributed by atoms with Gasteiger partial charge < -0.3 is 9.47 Å². The van der Waals surface area contributed by atoms with Crippen LogP contribution < -0.4 is 4.74 Å². The van der Waals surface area contributed by atoms with E-state index in [0.717, 1.165) is 0 Å². The highest BCUT2D eigenvalue weighted by atomic mass is 35.5. The number of carbonyl (C=O) groups excluding carboxylic acids is 1. The maximum atomic E-state index is 11.2. The zero-order valence-electron chi connectivity index (χ0n) is 9.40. The molecular weight excluding hydrogens is 228 g/mol. The molecule has 0 heterocycles. The van der Waals surface area contributed by atoms with E-state index < -0.39 is 0 Å². The van der Waals surface area contributed by atoms with Crippen molar-refractivity contribution < 1.29 is 14.3 Å². The largest absolute Gasteiger partial charge is 0.493 e. The summed E-state index contributed by atoms with van der Waals surface area (Å²) in [6, 6.07) is 7.06. The third-order valence-corrected chi connectivity index (χ3v) is 1.97. The topological polar surface area (TPSA) is 35.5 Å². The molecule has 88 valence electrons. The fourth-order valence-corrected chi connectivity index (χ4v) is 1.31. The summed E-state index contributed by atoms with van der Waals surface area (Å²) in [6.45, 7) is 3.93. The van der Waals surface area contributed by atoms with Gasteiger partial charge in [0.25, 0.3) is 0 Å². The monoisotopic (exact) mass is 242 g/mol. The molecule has 0 N–H and O–H groups in total. The smallest absolute Gasteiger partial charge is 0.309 e. The number of ether oxygens (including phenoxy) is 2. The molecule has 1 rings (SSSR count). The van der Waals surface area contributed by atoms with Crippen molar-refractivity contribution in [1.29, 1.82) is 0 Å². The Hall–Kier alpha value is -1.22. The number of esters is 1. The fraction of sp³-hybridized carbons (Fsp3) is 0.417. The predicted octanol–water partition coefficient (Wildman–Crippen LogP) is 3.06. The van der Waals surface area contributed by atoms with Crippen molar-refractivity contribution in [3.63, 3.8) is 0 Å². The SMILES string of the molecule is CC(C)OC(=O)CCOc1cccc(Cl)c1. The summed E-state index contributed by atoms with van der Waals surface area (Å²) in [5.41, 5.74) is 0. The van der Waals surface area contributed by atoms with E-state index in [-0.39, 0.29) is 18.5 Å². The lowest BCUT2D eigenvalue weighted by atomic mass is 10.3. The van der Waals surface area contributed by atoms with Gasteiger partial charge in [-0.05, 0) is 32.0 Å². The van der Waals surface area contributed by atoms with Crippen LogP contribution in [0, 0.1) is 0 Å². The second-order valence-electron chi connectivity index (χ2n) is 3.59. The minimum absolute atomic E-state index is 0.0846. The molecule has 1 aromatic carbocycles. The van der Waals surface area contributed by atoms with Crippen LogP contribution in [0.4, 0.5) is 0 Å². The van der Waals surface area contributed by atoms with Crippen molar-refractivity contribution in [2.75, 3.05) is 6.61 Å². The van der Waals surface area contributed by atoms with Crippen LogP contribution in [-0.4, -0.2) is 18.7 Å². The average molecular weight is 243 g/mol. The van der Waals surface area contributed by atoms with Gasteiger partial charge in [0.2, 0.25) is 0 Å². The van der Waals surface area contributed by atoms with E-state index in [4.69, 9.17) is 21.1 Å². The second-order valence-corrected chi connectivity index (χ2v) is 4.03. The van der Waals surface area contributed by atoms with Crippen LogP contribution in [0.25, 0.3) is 0 Å². The highest BCUT2D eigenvalue weighted by Crippen LogP contribution is 2.17. The van der Waals surface area contributed by atoms with Crippen LogP contribution in [0.3, 0.4) is 0 Å². The van der Waals surface area contributed by atoms with E-state index in [1.807, 2.05) is 13.8 Å². The van der Waals surface area contributed by atoms with Crippen molar-refractivity contribution in [2.45, 2.75) is 26.4 Å². The van der Waals surface area contributed by atoms with E-state index in [9.17, 15) is 4.79 Å². The van der Waals surface area contributed by atoms with Crippen molar-refractivity contribution in [2.24, 2.45) is 0 Å². The normalized spacial score (nSPS) is 10.2. The van der Waals surface area contributed by atoms with Gasteiger partial charge in [-0.15, -0.1) is 0 Å². The molecule has 0 aliphatic rings. The Morgan fingerprint density at radius 1 is 1.44 bits per heavy atom. The second kappa shape index (κ2) is 6.38. The quantitative estimate of drug-likeness (QED) is 0.745. The molecule has 0 aliphatic carbocycles. The highest BCUT2D eigenvalue weighted by Gasteiger charge is 2.05. The lowest BCUT2D eigenvalue weighted by Gasteiger charge is -2.08. The summed E-state index contributed by atoms with van der Waals surface area (Å²) in [6.07, 6.45) is 0.156. The van der Waals surface area contributed by atoms with Gasteiger partial charge in [0, 0.05) is 5.02 Å². The fourth-order valence-electron chi connectivity index (χ4n) is 1.13. The first kappa shape index (κ1) is 12.8. The minimum Gasteiger partial charge on any atom is -0.493 e. The Morgan fingerprint density at radius 3 is 2.81 bits per heavy atom. The third kappa shape index (κ3) is 5.03. The molecule has 3 nitrogen and oxygen atoms in total. The maximum absolute atomic E-state index is 11.2. The predicted molar refractivity (Wildman–Crippen MR) is 62.8 cm³/mol. The molecule has 0 atom stereocenters. The molecule has 0 fully saturated rings. The van der Waals surface area contributed by atoms with Crippen LogP contribution in [0.15, 0.2) is 24.3 Å². The van der Waals surface area contributed by atoms with Gasteiger partial charge in [0.15, 0.2) is 0 Å². The molecule has 16 heavy (non-hydrogen) atoms. The van der Waals surface area contributed by atoms with Gasteiger partial charge in [-0.2, -0.15) is 0 Å². The Balaban J connectivity index is 2.28. The molecule has 4 heteroatoms. The summed E-state index contributed by atoms with van der Waals surface area (Å²) >= 11 is 5.78. The van der Waals surface area contributed by atoms with Gasteiger partial charge in [-0.1, -0.05) is 17.7 Å². The number of benzene rings is 1. The minimum atomic E-state index is -0.253. The number of hydrogen-bond donors (Lipinski definition) is 0. The van der Waals surface area contributed by atoms with Crippen molar-refractivity contribution >= 4 is 17.6 Å². The first-order chi connectivity index (χ1) is 7.58. The summed E-state index contributed by atoms with van der Waals surface area (Å²) in [7, 11) is 0. The molecule has 0 saturated heterocycles. The summed E-state index contributed by atoms with van der Waals surface area (Å²) < 4.78 is 10.3. The van der Waals surface area contributed by atoms with Crippen LogP contribution in [-0.2, 0) is 9.53 Å². The molecule has 0 saturated carbocycles. The van der Waals surface area contributed by atoms with E-state index in [1.165, 1.54) is 0 Å². The van der Waals surface area contributed by atoms with E-state index >= 15 is 0 Å². The first-order valence-electron chi connectivity index (χ1n) is 5.16. The summed E-state index contributed by atoms with van der Waals surface area (Å²) in [4.78, 5) is 11.2. The zero-order valence-corrected chi connectivity index (χ0v) is 10.2. The van der Waals surface area contributed by atoms with Gasteiger partial charge in [0.1, 0.15) is 5.75 Å². The van der Waals surface area contributed by atoms with Crippen molar-refractivity contribution in [3.8, 4) is 5.75 Å². The Labute approximate surface area is 100 Å². The molecular formula is C12H15ClO3. The van der Waals surface area contributed by atoms with E-state index in [2.05, 4.69) is 0 Å².